The van der Waals surface area contributed by atoms with Crippen molar-refractivity contribution in [3.05, 3.63) is 48.3 Å². The highest BCUT2D eigenvalue weighted by molar-refractivity contribution is 5.21. The number of hydrogen-bond acceptors (Lipinski definition) is 4. The highest BCUT2D eigenvalue weighted by Crippen LogP contribution is 2.27. The van der Waals surface area contributed by atoms with Crippen LogP contribution < -0.4 is 4.74 Å². The molecule has 0 radical (unpaired) electrons. The molecule has 1 N–H and O–H groups in total. The van der Waals surface area contributed by atoms with Crippen molar-refractivity contribution in [1.29, 1.82) is 0 Å². The Morgan fingerprint density at radius 1 is 1.25 bits per heavy atom. The summed E-state index contributed by atoms with van der Waals surface area (Å²) in [5.41, 5.74) is 1.18. The lowest BCUT2D eigenvalue weighted by Gasteiger charge is -2.39. The maximum Gasteiger partial charge on any atom is 0.126 e. The summed E-state index contributed by atoms with van der Waals surface area (Å²) < 4.78 is 8.04. The van der Waals surface area contributed by atoms with Crippen LogP contribution in [0.4, 0.5) is 0 Å². The van der Waals surface area contributed by atoms with Gasteiger partial charge in [-0.05, 0) is 51.4 Å². The monoisotopic (exact) mass is 329 g/mol. The molecule has 1 aliphatic rings. The molecule has 3 rings (SSSR count). The van der Waals surface area contributed by atoms with Crippen LogP contribution in [-0.2, 0) is 13.1 Å². The summed E-state index contributed by atoms with van der Waals surface area (Å²) in [6.07, 6.45) is 4.16. The van der Waals surface area contributed by atoms with Crippen molar-refractivity contribution in [3.63, 3.8) is 0 Å². The number of benzene rings is 1. The number of aliphatic hydroxyl groups is 1. The van der Waals surface area contributed by atoms with Gasteiger partial charge in [0.1, 0.15) is 18.0 Å². The number of aliphatic hydroxyl groups excluding tert-OH is 1. The van der Waals surface area contributed by atoms with Gasteiger partial charge in [0, 0.05) is 25.3 Å². The Hall–Kier alpha value is -1.85. The van der Waals surface area contributed by atoms with Crippen molar-refractivity contribution in [1.82, 2.24) is 14.7 Å². The lowest BCUT2D eigenvalue weighted by atomic mass is 9.89. The number of aryl methyl sites for hydroxylation is 1. The molecule has 1 aliphatic carbocycles. The summed E-state index contributed by atoms with van der Waals surface area (Å²) in [7, 11) is 2.08. The first-order chi connectivity index (χ1) is 11.7. The van der Waals surface area contributed by atoms with Crippen molar-refractivity contribution >= 4 is 0 Å². The van der Waals surface area contributed by atoms with E-state index in [9.17, 15) is 5.11 Å². The predicted octanol–water partition coefficient (Wildman–Crippen LogP) is 2.70. The minimum absolute atomic E-state index is 0.104. The van der Waals surface area contributed by atoms with Gasteiger partial charge in [-0.1, -0.05) is 18.2 Å². The van der Waals surface area contributed by atoms with Gasteiger partial charge in [-0.2, -0.15) is 5.10 Å². The fourth-order valence-corrected chi connectivity index (χ4v) is 3.55. The Morgan fingerprint density at radius 3 is 2.79 bits per heavy atom. The summed E-state index contributed by atoms with van der Waals surface area (Å²) in [5.74, 6) is 0.828. The van der Waals surface area contributed by atoms with Gasteiger partial charge >= 0.3 is 0 Å². The third kappa shape index (κ3) is 3.79. The molecule has 130 valence electrons. The lowest BCUT2D eigenvalue weighted by Crippen LogP contribution is -2.51. The second-order valence-corrected chi connectivity index (χ2v) is 6.51. The molecule has 0 saturated heterocycles. The van der Waals surface area contributed by atoms with E-state index in [1.165, 1.54) is 5.69 Å². The lowest BCUT2D eigenvalue weighted by molar-refractivity contribution is -0.0496. The first-order valence-corrected chi connectivity index (χ1v) is 8.79. The number of likely N-dealkylation sites (N-methyl/N-ethyl adjacent to an activating group) is 1. The second-order valence-electron chi connectivity index (χ2n) is 6.51. The Labute approximate surface area is 143 Å². The highest BCUT2D eigenvalue weighted by atomic mass is 16.5. The second kappa shape index (κ2) is 7.81. The van der Waals surface area contributed by atoms with E-state index >= 15 is 0 Å². The molecule has 1 saturated carbocycles. The number of para-hydroxylation sites is 1. The predicted molar refractivity (Wildman–Crippen MR) is 93.9 cm³/mol. The standard InChI is InChI=1S/C19H27N3O2/c1-3-22-15(12-13-20-22)14-21(2)17-10-7-11-18(19(17)23)24-16-8-5-4-6-9-16/h4-6,8-9,12-13,17-19,23H,3,7,10-11,14H2,1-2H3/t17-,18+,19+/m0/s1. The van der Waals surface area contributed by atoms with Crippen LogP contribution in [0, 0.1) is 0 Å². The van der Waals surface area contributed by atoms with E-state index in [1.807, 2.05) is 47.3 Å². The molecule has 1 aromatic heterocycles. The molecule has 1 heterocycles. The van der Waals surface area contributed by atoms with Gasteiger partial charge in [0.05, 0.1) is 5.69 Å². The SMILES string of the molecule is CCn1nccc1CN(C)[C@H]1CCC[C@@H](Oc2ccccc2)[C@@H]1O. The largest absolute Gasteiger partial charge is 0.488 e. The van der Waals surface area contributed by atoms with E-state index in [1.54, 1.807) is 0 Å². The Morgan fingerprint density at radius 2 is 2.04 bits per heavy atom. The first-order valence-electron chi connectivity index (χ1n) is 8.79. The third-order valence-corrected chi connectivity index (χ3v) is 4.88. The summed E-state index contributed by atoms with van der Waals surface area (Å²) in [6, 6.07) is 11.9. The van der Waals surface area contributed by atoms with Gasteiger partial charge in [0.25, 0.3) is 0 Å². The van der Waals surface area contributed by atoms with Gasteiger partial charge in [0.15, 0.2) is 0 Å². The fourth-order valence-electron chi connectivity index (χ4n) is 3.55. The normalized spacial score (nSPS) is 24.2. The summed E-state index contributed by atoms with van der Waals surface area (Å²) in [5, 5.41) is 15.2. The van der Waals surface area contributed by atoms with E-state index in [2.05, 4.69) is 24.0 Å². The average Bonchev–Trinajstić information content (AvgIpc) is 3.04. The molecule has 1 fully saturated rings. The van der Waals surface area contributed by atoms with Crippen LogP contribution in [-0.4, -0.2) is 45.1 Å². The van der Waals surface area contributed by atoms with Gasteiger partial charge in [0.2, 0.25) is 0 Å². The first kappa shape index (κ1) is 17.0. The van der Waals surface area contributed by atoms with Crippen LogP contribution in [0.5, 0.6) is 5.75 Å². The maximum atomic E-state index is 10.8. The Kier molecular flexibility index (Phi) is 5.53. The third-order valence-electron chi connectivity index (χ3n) is 4.88. The zero-order valence-corrected chi connectivity index (χ0v) is 14.5. The van der Waals surface area contributed by atoms with Gasteiger partial charge in [-0.15, -0.1) is 0 Å². The fraction of sp³-hybridized carbons (Fsp3) is 0.526. The summed E-state index contributed by atoms with van der Waals surface area (Å²) in [4.78, 5) is 2.23. The Bertz CT molecular complexity index is 629. The van der Waals surface area contributed by atoms with Gasteiger partial charge in [-0.25, -0.2) is 0 Å². The van der Waals surface area contributed by atoms with E-state index < -0.39 is 6.10 Å². The highest BCUT2D eigenvalue weighted by Gasteiger charge is 2.35. The number of nitrogens with zero attached hydrogens (tertiary/aromatic N) is 3. The topological polar surface area (TPSA) is 50.5 Å². The summed E-state index contributed by atoms with van der Waals surface area (Å²) >= 11 is 0. The number of ether oxygens (including phenoxy) is 1. The molecule has 1 aromatic carbocycles. The zero-order chi connectivity index (χ0) is 16.9. The minimum atomic E-state index is -0.484. The van der Waals surface area contributed by atoms with Crippen LogP contribution in [0.3, 0.4) is 0 Å². The molecule has 0 bridgehead atoms. The van der Waals surface area contributed by atoms with Crippen molar-refractivity contribution in [2.75, 3.05) is 7.05 Å². The molecule has 5 nitrogen and oxygen atoms in total. The van der Waals surface area contributed by atoms with Crippen LogP contribution in [0.1, 0.15) is 31.9 Å². The maximum absolute atomic E-state index is 10.8. The van der Waals surface area contributed by atoms with Gasteiger partial charge < -0.3 is 9.84 Å². The number of hydrogen-bond donors (Lipinski definition) is 1. The minimum Gasteiger partial charge on any atom is -0.488 e. The smallest absolute Gasteiger partial charge is 0.126 e. The average molecular weight is 329 g/mol. The van der Waals surface area contributed by atoms with E-state index in [0.717, 1.165) is 38.1 Å². The van der Waals surface area contributed by atoms with Crippen LogP contribution >= 0.6 is 0 Å². The van der Waals surface area contributed by atoms with Gasteiger partial charge in [-0.3, -0.25) is 9.58 Å². The van der Waals surface area contributed by atoms with E-state index in [4.69, 9.17) is 4.74 Å². The number of rotatable bonds is 6. The number of aromatic nitrogens is 2. The molecule has 0 spiro atoms. The molecule has 5 heteroatoms. The molecule has 0 unspecified atom stereocenters. The molecule has 24 heavy (non-hydrogen) atoms. The van der Waals surface area contributed by atoms with E-state index in [-0.39, 0.29) is 12.1 Å². The molecule has 0 amide bonds. The van der Waals surface area contributed by atoms with E-state index in [0.29, 0.717) is 0 Å². The summed E-state index contributed by atoms with van der Waals surface area (Å²) in [6.45, 7) is 3.74. The van der Waals surface area contributed by atoms with Crippen molar-refractivity contribution in [2.24, 2.45) is 0 Å². The Balaban J connectivity index is 1.64. The quantitative estimate of drug-likeness (QED) is 0.885. The van der Waals surface area contributed by atoms with Crippen LogP contribution in [0.15, 0.2) is 42.6 Å². The van der Waals surface area contributed by atoms with Crippen LogP contribution in [0.2, 0.25) is 0 Å². The van der Waals surface area contributed by atoms with Crippen molar-refractivity contribution in [3.8, 4) is 5.75 Å². The van der Waals surface area contributed by atoms with Crippen molar-refractivity contribution in [2.45, 2.75) is 57.5 Å². The molecule has 2 aromatic rings. The molecular formula is C19H27N3O2. The molecular weight excluding hydrogens is 302 g/mol. The van der Waals surface area contributed by atoms with Crippen molar-refractivity contribution < 1.29 is 9.84 Å². The zero-order valence-electron chi connectivity index (χ0n) is 14.5. The molecule has 3 atom stereocenters. The van der Waals surface area contributed by atoms with Crippen LogP contribution in [0.25, 0.3) is 0 Å². The molecule has 0 aliphatic heterocycles.